The minimum atomic E-state index is -0.682. The molecule has 0 spiro atoms. The summed E-state index contributed by atoms with van der Waals surface area (Å²) in [5.41, 5.74) is 0.437. The number of benzene rings is 1. The Balaban J connectivity index is 1.57. The molecular weight excluding hydrogens is 253 g/mol. The van der Waals surface area contributed by atoms with E-state index in [1.54, 1.807) is 18.2 Å². The molecular formula is C17H24FNO. The van der Waals surface area contributed by atoms with Crippen LogP contribution >= 0.6 is 0 Å². The van der Waals surface area contributed by atoms with Gasteiger partial charge in [-0.05, 0) is 50.6 Å². The molecule has 0 aromatic heterocycles. The number of piperidine rings is 1. The number of aliphatic hydroxyl groups excluding tert-OH is 1. The first-order valence-electron chi connectivity index (χ1n) is 7.92. The lowest BCUT2D eigenvalue weighted by Gasteiger charge is -2.38. The number of aliphatic hydroxyl groups is 1. The average molecular weight is 277 g/mol. The van der Waals surface area contributed by atoms with Crippen LogP contribution in [-0.2, 0) is 0 Å². The normalized spacial score (nSPS) is 28.3. The fourth-order valence-electron chi connectivity index (χ4n) is 4.02. The van der Waals surface area contributed by atoms with Crippen LogP contribution in [-0.4, -0.2) is 29.1 Å². The van der Waals surface area contributed by atoms with Crippen molar-refractivity contribution in [3.05, 3.63) is 35.6 Å². The fourth-order valence-corrected chi connectivity index (χ4v) is 4.02. The van der Waals surface area contributed by atoms with Gasteiger partial charge in [-0.25, -0.2) is 4.39 Å². The molecule has 3 heteroatoms. The van der Waals surface area contributed by atoms with Crippen molar-refractivity contribution in [2.75, 3.05) is 13.1 Å². The van der Waals surface area contributed by atoms with E-state index >= 15 is 0 Å². The summed E-state index contributed by atoms with van der Waals surface area (Å²) in [5, 5.41) is 10.2. The smallest absolute Gasteiger partial charge is 0.128 e. The molecule has 3 rings (SSSR count). The van der Waals surface area contributed by atoms with E-state index < -0.39 is 6.10 Å². The number of nitrogens with zero attached hydrogens (tertiary/aromatic N) is 1. The van der Waals surface area contributed by atoms with Gasteiger partial charge in [0, 0.05) is 18.2 Å². The SMILES string of the molecule is OC(CCN1CCCC2CCCC21)c1ccccc1F. The Kier molecular flexibility index (Phi) is 4.37. The summed E-state index contributed by atoms with van der Waals surface area (Å²) in [4.78, 5) is 2.53. The molecule has 110 valence electrons. The second-order valence-electron chi connectivity index (χ2n) is 6.26. The minimum Gasteiger partial charge on any atom is -0.388 e. The van der Waals surface area contributed by atoms with Gasteiger partial charge in [0.2, 0.25) is 0 Å². The van der Waals surface area contributed by atoms with Crippen LogP contribution < -0.4 is 0 Å². The molecule has 0 amide bonds. The number of hydrogen-bond acceptors (Lipinski definition) is 2. The molecule has 1 aliphatic heterocycles. The third-order valence-corrected chi connectivity index (χ3v) is 5.06. The van der Waals surface area contributed by atoms with Crippen LogP contribution in [0.3, 0.4) is 0 Å². The summed E-state index contributed by atoms with van der Waals surface area (Å²) in [5.74, 6) is 0.576. The van der Waals surface area contributed by atoms with Crippen molar-refractivity contribution < 1.29 is 9.50 Å². The van der Waals surface area contributed by atoms with Gasteiger partial charge in [-0.1, -0.05) is 24.6 Å². The maximum atomic E-state index is 13.6. The lowest BCUT2D eigenvalue weighted by Crippen LogP contribution is -2.43. The fraction of sp³-hybridized carbons (Fsp3) is 0.647. The van der Waals surface area contributed by atoms with Crippen molar-refractivity contribution in [1.82, 2.24) is 4.90 Å². The van der Waals surface area contributed by atoms with Crippen molar-refractivity contribution in [3.8, 4) is 0 Å². The Bertz CT molecular complexity index is 450. The second-order valence-corrected chi connectivity index (χ2v) is 6.26. The van der Waals surface area contributed by atoms with Crippen LogP contribution in [0.5, 0.6) is 0 Å². The first kappa shape index (κ1) is 14.0. The summed E-state index contributed by atoms with van der Waals surface area (Å²) < 4.78 is 13.6. The zero-order valence-corrected chi connectivity index (χ0v) is 12.0. The molecule has 1 heterocycles. The molecule has 1 aromatic rings. The van der Waals surface area contributed by atoms with Crippen molar-refractivity contribution in [2.45, 2.75) is 50.7 Å². The highest BCUT2D eigenvalue weighted by Gasteiger charge is 2.34. The van der Waals surface area contributed by atoms with Crippen molar-refractivity contribution in [3.63, 3.8) is 0 Å². The van der Waals surface area contributed by atoms with Crippen LogP contribution in [0.15, 0.2) is 24.3 Å². The van der Waals surface area contributed by atoms with E-state index in [9.17, 15) is 9.50 Å². The van der Waals surface area contributed by atoms with Gasteiger partial charge in [-0.15, -0.1) is 0 Å². The minimum absolute atomic E-state index is 0.294. The monoisotopic (exact) mass is 277 g/mol. The molecule has 2 fully saturated rings. The van der Waals surface area contributed by atoms with E-state index in [-0.39, 0.29) is 5.82 Å². The topological polar surface area (TPSA) is 23.5 Å². The summed E-state index contributed by atoms with van der Waals surface area (Å²) in [6.45, 7) is 2.03. The number of rotatable bonds is 4. The number of halogens is 1. The highest BCUT2D eigenvalue weighted by molar-refractivity contribution is 5.19. The molecule has 2 nitrogen and oxygen atoms in total. The predicted molar refractivity (Wildman–Crippen MR) is 77.9 cm³/mol. The van der Waals surface area contributed by atoms with Gasteiger partial charge in [-0.3, -0.25) is 0 Å². The van der Waals surface area contributed by atoms with Gasteiger partial charge < -0.3 is 10.0 Å². The van der Waals surface area contributed by atoms with E-state index in [0.717, 1.165) is 25.0 Å². The Morgan fingerprint density at radius 2 is 2.00 bits per heavy atom. The van der Waals surface area contributed by atoms with E-state index in [1.165, 1.54) is 38.2 Å². The lowest BCUT2D eigenvalue weighted by molar-refractivity contribution is 0.0823. The molecule has 3 unspecified atom stereocenters. The summed E-state index contributed by atoms with van der Waals surface area (Å²) in [7, 11) is 0. The summed E-state index contributed by atoms with van der Waals surface area (Å²) in [6.07, 6.45) is 6.62. The van der Waals surface area contributed by atoms with Crippen LogP contribution in [0, 0.1) is 11.7 Å². The third-order valence-electron chi connectivity index (χ3n) is 5.06. The van der Waals surface area contributed by atoms with Gasteiger partial charge in [0.05, 0.1) is 6.10 Å². The zero-order valence-electron chi connectivity index (χ0n) is 12.0. The Hall–Kier alpha value is -0.930. The second kappa shape index (κ2) is 6.23. The predicted octanol–water partition coefficient (Wildman–Crippen LogP) is 3.51. The highest BCUT2D eigenvalue weighted by Crippen LogP contribution is 2.37. The Morgan fingerprint density at radius 1 is 1.20 bits per heavy atom. The van der Waals surface area contributed by atoms with E-state index in [0.29, 0.717) is 12.0 Å². The van der Waals surface area contributed by atoms with Gasteiger partial charge >= 0.3 is 0 Å². The van der Waals surface area contributed by atoms with E-state index in [1.807, 2.05) is 0 Å². The number of fused-ring (bicyclic) bond motifs is 1. The first-order valence-corrected chi connectivity index (χ1v) is 7.92. The molecule has 1 saturated carbocycles. The molecule has 0 bridgehead atoms. The van der Waals surface area contributed by atoms with Crippen molar-refractivity contribution >= 4 is 0 Å². The maximum absolute atomic E-state index is 13.6. The van der Waals surface area contributed by atoms with Gasteiger partial charge in [0.15, 0.2) is 0 Å². The number of hydrogen-bond donors (Lipinski definition) is 1. The standard InChI is InChI=1S/C17H24FNO/c18-15-8-2-1-7-14(15)17(20)10-12-19-11-4-6-13-5-3-9-16(13)19/h1-2,7-8,13,16-17,20H,3-6,9-12H2. The molecule has 20 heavy (non-hydrogen) atoms. The van der Waals surface area contributed by atoms with Gasteiger partial charge in [0.1, 0.15) is 5.82 Å². The summed E-state index contributed by atoms with van der Waals surface area (Å²) in [6, 6.07) is 7.28. The maximum Gasteiger partial charge on any atom is 0.128 e. The largest absolute Gasteiger partial charge is 0.388 e. The van der Waals surface area contributed by atoms with Crippen LogP contribution in [0.4, 0.5) is 4.39 Å². The molecule has 1 N–H and O–H groups in total. The molecule has 2 aliphatic rings. The van der Waals surface area contributed by atoms with Crippen molar-refractivity contribution in [2.24, 2.45) is 5.92 Å². The molecule has 0 radical (unpaired) electrons. The quantitative estimate of drug-likeness (QED) is 0.910. The number of likely N-dealkylation sites (tertiary alicyclic amines) is 1. The van der Waals surface area contributed by atoms with Crippen molar-refractivity contribution in [1.29, 1.82) is 0 Å². The van der Waals surface area contributed by atoms with Crippen LogP contribution in [0.2, 0.25) is 0 Å². The molecule has 1 aliphatic carbocycles. The van der Waals surface area contributed by atoms with E-state index in [4.69, 9.17) is 0 Å². The first-order chi connectivity index (χ1) is 9.75. The Labute approximate surface area is 120 Å². The van der Waals surface area contributed by atoms with Gasteiger partial charge in [0.25, 0.3) is 0 Å². The molecule has 1 saturated heterocycles. The Morgan fingerprint density at radius 3 is 2.85 bits per heavy atom. The lowest BCUT2D eigenvalue weighted by atomic mass is 9.91. The van der Waals surface area contributed by atoms with Crippen LogP contribution in [0.1, 0.15) is 50.2 Å². The zero-order chi connectivity index (χ0) is 13.9. The van der Waals surface area contributed by atoms with Crippen LogP contribution in [0.25, 0.3) is 0 Å². The third kappa shape index (κ3) is 2.89. The highest BCUT2D eigenvalue weighted by atomic mass is 19.1. The molecule has 3 atom stereocenters. The summed E-state index contributed by atoms with van der Waals surface area (Å²) >= 11 is 0. The van der Waals surface area contributed by atoms with Gasteiger partial charge in [-0.2, -0.15) is 0 Å². The van der Waals surface area contributed by atoms with E-state index in [2.05, 4.69) is 4.90 Å². The average Bonchev–Trinajstić information content (AvgIpc) is 2.94. The molecule has 1 aromatic carbocycles.